The lowest BCUT2D eigenvalue weighted by Gasteiger charge is -2.29. The topological polar surface area (TPSA) is 124 Å². The van der Waals surface area contributed by atoms with Crippen molar-refractivity contribution in [3.8, 4) is 0 Å². The fraction of sp³-hybridized carbons (Fsp3) is 0.467. The number of carbonyl (C=O) groups is 3. The summed E-state index contributed by atoms with van der Waals surface area (Å²) >= 11 is 0. The maximum atomic E-state index is 13.7. The van der Waals surface area contributed by atoms with Crippen LogP contribution in [0.3, 0.4) is 0 Å². The number of carbonyl (C=O) groups excluding carboxylic acids is 3. The molecular formula is C30H41N5O4. The van der Waals surface area contributed by atoms with Crippen LogP contribution in [0.5, 0.6) is 0 Å². The third-order valence-corrected chi connectivity index (χ3v) is 7.04. The lowest BCUT2D eigenvalue weighted by atomic mass is 9.82. The van der Waals surface area contributed by atoms with E-state index in [2.05, 4.69) is 29.8 Å². The van der Waals surface area contributed by atoms with Crippen molar-refractivity contribution < 1.29 is 19.1 Å². The highest BCUT2D eigenvalue weighted by molar-refractivity contribution is 6.08. The molecule has 0 spiro atoms. The number of guanidine groups is 1. The lowest BCUT2D eigenvalue weighted by Crippen LogP contribution is -2.50. The van der Waals surface area contributed by atoms with Gasteiger partial charge in [-0.25, -0.2) is 4.79 Å². The molecule has 1 heterocycles. The Hall–Kier alpha value is -3.88. The number of nitrogens with one attached hydrogen (secondary N) is 4. The molecule has 0 aliphatic carbocycles. The minimum absolute atomic E-state index is 0.104. The molecule has 2 aromatic rings. The summed E-state index contributed by atoms with van der Waals surface area (Å²) in [7, 11) is 1.27. The molecule has 0 bridgehead atoms. The van der Waals surface area contributed by atoms with Crippen molar-refractivity contribution in [1.29, 1.82) is 5.41 Å². The number of rotatable bonds is 13. The van der Waals surface area contributed by atoms with Gasteiger partial charge in [-0.3, -0.25) is 19.9 Å². The zero-order chi connectivity index (χ0) is 28.4. The van der Waals surface area contributed by atoms with Crippen LogP contribution in [0.1, 0.15) is 57.6 Å². The van der Waals surface area contributed by atoms with E-state index in [0.29, 0.717) is 38.6 Å². The summed E-state index contributed by atoms with van der Waals surface area (Å²) in [5, 5.41) is 17.4. The molecule has 0 radical (unpaired) electrons. The maximum absolute atomic E-state index is 13.7. The number of nitrogens with zero attached hydrogens (tertiary/aromatic N) is 1. The normalized spacial score (nSPS) is 18.4. The van der Waals surface area contributed by atoms with E-state index in [9.17, 15) is 14.4 Å². The van der Waals surface area contributed by atoms with Crippen LogP contribution >= 0.6 is 0 Å². The summed E-state index contributed by atoms with van der Waals surface area (Å²) < 4.78 is 4.72. The minimum Gasteiger partial charge on any atom is -0.453 e. The smallest absolute Gasteiger partial charge is 0.407 e. The maximum Gasteiger partial charge on any atom is 0.407 e. The van der Waals surface area contributed by atoms with Gasteiger partial charge in [-0.2, -0.15) is 0 Å². The van der Waals surface area contributed by atoms with Crippen molar-refractivity contribution in [1.82, 2.24) is 20.9 Å². The SMILES string of the molecule is CCC(CCCN1C(=N)NC(CC(C)C)(c2ccccc2)C1=O)NC(=O)[C@H](Cc1ccccc1)NC(=O)OC. The molecule has 2 unspecified atom stereocenters. The molecule has 1 fully saturated rings. The van der Waals surface area contributed by atoms with Crippen LogP contribution in [0.4, 0.5) is 4.79 Å². The molecule has 1 aliphatic heterocycles. The summed E-state index contributed by atoms with van der Waals surface area (Å²) in [5.41, 5.74) is 0.830. The van der Waals surface area contributed by atoms with E-state index in [0.717, 1.165) is 11.1 Å². The van der Waals surface area contributed by atoms with Gasteiger partial charge in [-0.05, 0) is 42.7 Å². The highest BCUT2D eigenvalue weighted by Crippen LogP contribution is 2.35. The van der Waals surface area contributed by atoms with Crippen LogP contribution in [0.15, 0.2) is 60.7 Å². The van der Waals surface area contributed by atoms with Crippen LogP contribution in [0, 0.1) is 11.3 Å². The highest BCUT2D eigenvalue weighted by Gasteiger charge is 2.50. The standard InChI is InChI=1S/C30H41N5O4/c1-5-24(32-26(36)25(33-29(38)39-4)19-22-13-8-6-9-14-22)17-12-18-35-27(37)30(20-21(2)3,34-28(35)31)23-15-10-7-11-16-23/h6-11,13-16,21,24-25H,5,12,17-20H2,1-4H3,(H2,31,34)(H,32,36)(H,33,38)/t24?,25-,30?/m0/s1. The third-order valence-electron chi connectivity index (χ3n) is 7.04. The largest absolute Gasteiger partial charge is 0.453 e. The molecule has 210 valence electrons. The Morgan fingerprint density at radius 1 is 1.05 bits per heavy atom. The van der Waals surface area contributed by atoms with Gasteiger partial charge >= 0.3 is 6.09 Å². The van der Waals surface area contributed by atoms with Crippen LogP contribution in [-0.4, -0.2) is 54.5 Å². The van der Waals surface area contributed by atoms with E-state index in [-0.39, 0.29) is 29.7 Å². The van der Waals surface area contributed by atoms with Crippen LogP contribution in [-0.2, 0) is 26.3 Å². The Bertz CT molecular complexity index is 1120. The molecule has 2 aromatic carbocycles. The second-order valence-corrected chi connectivity index (χ2v) is 10.4. The van der Waals surface area contributed by atoms with Crippen molar-refractivity contribution in [3.63, 3.8) is 0 Å². The first-order valence-corrected chi connectivity index (χ1v) is 13.6. The second-order valence-electron chi connectivity index (χ2n) is 10.4. The van der Waals surface area contributed by atoms with Gasteiger partial charge in [0.05, 0.1) is 7.11 Å². The molecular weight excluding hydrogens is 494 g/mol. The predicted octanol–water partition coefficient (Wildman–Crippen LogP) is 3.94. The molecule has 4 N–H and O–H groups in total. The Labute approximate surface area is 231 Å². The van der Waals surface area contributed by atoms with Crippen LogP contribution < -0.4 is 16.0 Å². The number of ether oxygens (including phenoxy) is 1. The van der Waals surface area contributed by atoms with E-state index in [1.807, 2.05) is 67.6 Å². The monoisotopic (exact) mass is 535 g/mol. The van der Waals surface area contributed by atoms with Crippen molar-refractivity contribution >= 4 is 23.9 Å². The molecule has 0 saturated carbocycles. The summed E-state index contributed by atoms with van der Waals surface area (Å²) in [6.45, 7) is 6.50. The first-order valence-electron chi connectivity index (χ1n) is 13.6. The number of amides is 3. The first-order chi connectivity index (χ1) is 18.7. The molecule has 1 saturated heterocycles. The van der Waals surface area contributed by atoms with E-state index in [1.165, 1.54) is 12.0 Å². The van der Waals surface area contributed by atoms with Crippen molar-refractivity contribution in [2.45, 2.75) is 70.5 Å². The number of alkyl carbamates (subject to hydrolysis) is 1. The molecule has 39 heavy (non-hydrogen) atoms. The number of hydrogen-bond acceptors (Lipinski definition) is 5. The molecule has 3 amide bonds. The molecule has 0 aromatic heterocycles. The predicted molar refractivity (Wildman–Crippen MR) is 151 cm³/mol. The minimum atomic E-state index is -0.949. The summed E-state index contributed by atoms with van der Waals surface area (Å²) in [6.07, 6.45) is 2.17. The summed E-state index contributed by atoms with van der Waals surface area (Å²) in [4.78, 5) is 40.3. The van der Waals surface area contributed by atoms with Crippen molar-refractivity contribution in [3.05, 3.63) is 71.8 Å². The van der Waals surface area contributed by atoms with Crippen molar-refractivity contribution in [2.24, 2.45) is 5.92 Å². The summed E-state index contributed by atoms with van der Waals surface area (Å²) in [5.74, 6) is -0.0548. The molecule has 3 atom stereocenters. The average molecular weight is 536 g/mol. The van der Waals surface area contributed by atoms with Gasteiger partial charge in [0.1, 0.15) is 11.6 Å². The zero-order valence-electron chi connectivity index (χ0n) is 23.3. The van der Waals surface area contributed by atoms with E-state index in [4.69, 9.17) is 10.1 Å². The number of hydrogen-bond donors (Lipinski definition) is 4. The molecule has 1 aliphatic rings. The van der Waals surface area contributed by atoms with Gasteiger partial charge in [-0.1, -0.05) is 81.4 Å². The van der Waals surface area contributed by atoms with Gasteiger partial charge in [0.25, 0.3) is 5.91 Å². The zero-order valence-corrected chi connectivity index (χ0v) is 23.3. The Kier molecular flexibility index (Phi) is 10.5. The quantitative estimate of drug-likeness (QED) is 0.309. The molecule has 9 heteroatoms. The molecule has 3 rings (SSSR count). The summed E-state index contributed by atoms with van der Waals surface area (Å²) in [6, 6.07) is 18.1. The Morgan fingerprint density at radius 3 is 2.28 bits per heavy atom. The van der Waals surface area contributed by atoms with Gasteiger partial charge in [0.2, 0.25) is 5.91 Å². The highest BCUT2D eigenvalue weighted by atomic mass is 16.5. The lowest BCUT2D eigenvalue weighted by molar-refractivity contribution is -0.132. The Morgan fingerprint density at radius 2 is 1.69 bits per heavy atom. The van der Waals surface area contributed by atoms with Crippen LogP contribution in [0.25, 0.3) is 0 Å². The fourth-order valence-electron chi connectivity index (χ4n) is 5.09. The van der Waals surface area contributed by atoms with Crippen LogP contribution in [0.2, 0.25) is 0 Å². The molecule has 9 nitrogen and oxygen atoms in total. The van der Waals surface area contributed by atoms with Gasteiger partial charge in [0.15, 0.2) is 5.96 Å². The van der Waals surface area contributed by atoms with E-state index in [1.54, 1.807) is 0 Å². The number of benzene rings is 2. The first kappa shape index (κ1) is 29.7. The average Bonchev–Trinajstić information content (AvgIpc) is 3.17. The second kappa shape index (κ2) is 13.8. The van der Waals surface area contributed by atoms with E-state index >= 15 is 0 Å². The third kappa shape index (κ3) is 7.59. The van der Waals surface area contributed by atoms with Gasteiger partial charge in [-0.15, -0.1) is 0 Å². The Balaban J connectivity index is 1.63. The van der Waals surface area contributed by atoms with Gasteiger partial charge < -0.3 is 20.7 Å². The van der Waals surface area contributed by atoms with E-state index < -0.39 is 17.7 Å². The fourth-order valence-corrected chi connectivity index (χ4v) is 5.09. The van der Waals surface area contributed by atoms with Gasteiger partial charge in [0, 0.05) is 19.0 Å². The number of methoxy groups -OCH3 is 1. The van der Waals surface area contributed by atoms with Crippen molar-refractivity contribution in [2.75, 3.05) is 13.7 Å².